The van der Waals surface area contributed by atoms with Crippen molar-refractivity contribution in [1.82, 2.24) is 4.98 Å². The normalized spacial score (nSPS) is 21.2. The number of aromatic nitrogens is 1. The Hall–Kier alpha value is -1.29. The summed E-state index contributed by atoms with van der Waals surface area (Å²) in [6, 6.07) is 2.38. The maximum absolute atomic E-state index is 9.65. The molecule has 0 amide bonds. The molecule has 1 saturated heterocycles. The molecule has 0 aliphatic carbocycles. The second-order valence-electron chi connectivity index (χ2n) is 6.29. The van der Waals surface area contributed by atoms with Crippen molar-refractivity contribution in [2.45, 2.75) is 38.0 Å². The molecule has 1 fully saturated rings. The molecular formula is C17H23N3O2S. The Kier molecular flexibility index (Phi) is 5.10. The average molecular weight is 333 g/mol. The summed E-state index contributed by atoms with van der Waals surface area (Å²) >= 11 is 1.55. The molecule has 2 aliphatic heterocycles. The molecule has 3 rings (SSSR count). The molecule has 23 heavy (non-hydrogen) atoms. The van der Waals surface area contributed by atoms with Crippen LogP contribution in [0.4, 0.5) is 5.82 Å². The van der Waals surface area contributed by atoms with Gasteiger partial charge in [-0.3, -0.25) is 0 Å². The summed E-state index contributed by atoms with van der Waals surface area (Å²) in [6.45, 7) is 8.00. The highest BCUT2D eigenvalue weighted by molar-refractivity contribution is 7.98. The first-order chi connectivity index (χ1) is 11.2. The van der Waals surface area contributed by atoms with Crippen LogP contribution >= 0.6 is 11.8 Å². The molecular weight excluding hydrogens is 310 g/mol. The first-order valence-corrected chi connectivity index (χ1v) is 9.32. The molecule has 0 radical (unpaired) electrons. The van der Waals surface area contributed by atoms with Crippen LogP contribution in [0.5, 0.6) is 0 Å². The number of nitrogens with zero attached hydrogens (tertiary/aromatic N) is 3. The molecule has 0 bridgehead atoms. The SMILES string of the molecule is CSc1nc(N2CCOCC2)c2c(c1C#N)C[C@H](C(C)C)OC2. The van der Waals surface area contributed by atoms with Crippen molar-refractivity contribution in [3.05, 3.63) is 16.7 Å². The lowest BCUT2D eigenvalue weighted by Gasteiger charge is -2.35. The van der Waals surface area contributed by atoms with E-state index in [4.69, 9.17) is 14.5 Å². The van der Waals surface area contributed by atoms with E-state index in [0.717, 1.165) is 60.3 Å². The van der Waals surface area contributed by atoms with Crippen molar-refractivity contribution in [2.24, 2.45) is 5.92 Å². The third-order valence-corrected chi connectivity index (χ3v) is 5.25. The predicted molar refractivity (Wildman–Crippen MR) is 90.9 cm³/mol. The smallest absolute Gasteiger partial charge is 0.135 e. The number of thioether (sulfide) groups is 1. The van der Waals surface area contributed by atoms with E-state index in [1.807, 2.05) is 6.26 Å². The number of anilines is 1. The molecule has 0 spiro atoms. The summed E-state index contributed by atoms with van der Waals surface area (Å²) in [6.07, 6.45) is 2.95. The van der Waals surface area contributed by atoms with Crippen LogP contribution in [0.15, 0.2) is 5.03 Å². The van der Waals surface area contributed by atoms with Gasteiger partial charge in [0.15, 0.2) is 0 Å². The summed E-state index contributed by atoms with van der Waals surface area (Å²) in [7, 11) is 0. The number of nitriles is 1. The van der Waals surface area contributed by atoms with E-state index in [9.17, 15) is 5.26 Å². The lowest BCUT2D eigenvalue weighted by Crippen LogP contribution is -2.39. The number of rotatable bonds is 3. The third-order valence-electron chi connectivity index (χ3n) is 4.56. The molecule has 5 nitrogen and oxygen atoms in total. The van der Waals surface area contributed by atoms with E-state index >= 15 is 0 Å². The first-order valence-electron chi connectivity index (χ1n) is 8.09. The molecule has 3 heterocycles. The number of hydrogen-bond donors (Lipinski definition) is 0. The maximum atomic E-state index is 9.65. The molecule has 1 atom stereocenters. The van der Waals surface area contributed by atoms with Crippen molar-refractivity contribution in [3.63, 3.8) is 0 Å². The van der Waals surface area contributed by atoms with Crippen LogP contribution in [0.3, 0.4) is 0 Å². The largest absolute Gasteiger partial charge is 0.378 e. The fourth-order valence-corrected chi connectivity index (χ4v) is 3.74. The zero-order chi connectivity index (χ0) is 16.4. The quantitative estimate of drug-likeness (QED) is 0.793. The average Bonchev–Trinajstić information content (AvgIpc) is 2.60. The zero-order valence-corrected chi connectivity index (χ0v) is 14.8. The zero-order valence-electron chi connectivity index (χ0n) is 14.0. The second-order valence-corrected chi connectivity index (χ2v) is 7.08. The van der Waals surface area contributed by atoms with E-state index in [2.05, 4.69) is 24.8 Å². The van der Waals surface area contributed by atoms with Crippen molar-refractivity contribution in [3.8, 4) is 6.07 Å². The van der Waals surface area contributed by atoms with Gasteiger partial charge in [-0.1, -0.05) is 13.8 Å². The summed E-state index contributed by atoms with van der Waals surface area (Å²) in [5.74, 6) is 1.42. The highest BCUT2D eigenvalue weighted by atomic mass is 32.2. The maximum Gasteiger partial charge on any atom is 0.135 e. The second kappa shape index (κ2) is 7.08. The molecule has 1 aromatic heterocycles. The van der Waals surface area contributed by atoms with Gasteiger partial charge in [0.25, 0.3) is 0 Å². The molecule has 0 aromatic carbocycles. The van der Waals surface area contributed by atoms with E-state index in [-0.39, 0.29) is 6.10 Å². The summed E-state index contributed by atoms with van der Waals surface area (Å²) in [4.78, 5) is 7.07. The number of morpholine rings is 1. The highest BCUT2D eigenvalue weighted by Crippen LogP contribution is 2.36. The van der Waals surface area contributed by atoms with Crippen LogP contribution in [-0.4, -0.2) is 43.6 Å². The lowest BCUT2D eigenvalue weighted by atomic mass is 9.91. The molecule has 0 saturated carbocycles. The van der Waals surface area contributed by atoms with Crippen molar-refractivity contribution < 1.29 is 9.47 Å². The van der Waals surface area contributed by atoms with Gasteiger partial charge in [0.1, 0.15) is 16.9 Å². The van der Waals surface area contributed by atoms with E-state index < -0.39 is 0 Å². The van der Waals surface area contributed by atoms with Crippen LogP contribution in [0.25, 0.3) is 0 Å². The third kappa shape index (κ3) is 3.18. The monoisotopic (exact) mass is 333 g/mol. The van der Waals surface area contributed by atoms with Crippen LogP contribution in [0, 0.1) is 17.2 Å². The van der Waals surface area contributed by atoms with Gasteiger partial charge in [-0.15, -0.1) is 11.8 Å². The Morgan fingerprint density at radius 2 is 2.04 bits per heavy atom. The minimum absolute atomic E-state index is 0.171. The van der Waals surface area contributed by atoms with Crippen molar-refractivity contribution in [2.75, 3.05) is 37.5 Å². The Labute approximate surface area is 142 Å². The molecule has 0 unspecified atom stereocenters. The van der Waals surface area contributed by atoms with Crippen LogP contribution in [0.1, 0.15) is 30.5 Å². The standard InChI is InChI=1S/C17H23N3O2S/c1-11(2)15-8-12-13(9-18)17(23-3)19-16(14(12)10-22-15)20-4-6-21-7-5-20/h11,15H,4-8,10H2,1-3H3/t15-/m1/s1. The van der Waals surface area contributed by atoms with E-state index in [1.165, 1.54) is 0 Å². The van der Waals surface area contributed by atoms with Gasteiger partial charge in [0.2, 0.25) is 0 Å². The van der Waals surface area contributed by atoms with Crippen molar-refractivity contribution >= 4 is 17.6 Å². The highest BCUT2D eigenvalue weighted by Gasteiger charge is 2.30. The van der Waals surface area contributed by atoms with Crippen molar-refractivity contribution in [1.29, 1.82) is 5.26 Å². The minimum atomic E-state index is 0.171. The minimum Gasteiger partial charge on any atom is -0.378 e. The van der Waals surface area contributed by atoms with Gasteiger partial charge in [-0.05, 0) is 17.7 Å². The van der Waals surface area contributed by atoms with Gasteiger partial charge in [-0.25, -0.2) is 4.98 Å². The van der Waals surface area contributed by atoms with Gasteiger partial charge < -0.3 is 14.4 Å². The lowest BCUT2D eigenvalue weighted by molar-refractivity contribution is -0.000574. The Bertz CT molecular complexity index is 621. The Morgan fingerprint density at radius 1 is 1.30 bits per heavy atom. The first kappa shape index (κ1) is 16.6. The molecule has 2 aliphatic rings. The van der Waals surface area contributed by atoms with Crippen LogP contribution in [-0.2, 0) is 22.5 Å². The Balaban J connectivity index is 2.08. The molecule has 1 aromatic rings. The summed E-state index contributed by atoms with van der Waals surface area (Å²) < 4.78 is 11.5. The topological polar surface area (TPSA) is 58.4 Å². The number of hydrogen-bond acceptors (Lipinski definition) is 6. The van der Waals surface area contributed by atoms with Gasteiger partial charge in [-0.2, -0.15) is 5.26 Å². The van der Waals surface area contributed by atoms with Gasteiger partial charge in [0.05, 0.1) is 31.5 Å². The molecule has 124 valence electrons. The Morgan fingerprint density at radius 3 is 2.65 bits per heavy atom. The van der Waals surface area contributed by atoms with Crippen LogP contribution < -0.4 is 4.90 Å². The molecule has 6 heteroatoms. The van der Waals surface area contributed by atoms with E-state index in [0.29, 0.717) is 12.5 Å². The van der Waals surface area contributed by atoms with Gasteiger partial charge >= 0.3 is 0 Å². The van der Waals surface area contributed by atoms with Gasteiger partial charge in [0, 0.05) is 25.1 Å². The fourth-order valence-electron chi connectivity index (χ4n) is 3.19. The number of pyridine rings is 1. The fraction of sp³-hybridized carbons (Fsp3) is 0.647. The van der Waals surface area contributed by atoms with Crippen LogP contribution in [0.2, 0.25) is 0 Å². The van der Waals surface area contributed by atoms with E-state index in [1.54, 1.807) is 11.8 Å². The molecule has 0 N–H and O–H groups in total. The number of fused-ring (bicyclic) bond motifs is 1. The summed E-state index contributed by atoms with van der Waals surface area (Å²) in [5, 5.41) is 10.5. The number of ether oxygens (including phenoxy) is 2. The summed E-state index contributed by atoms with van der Waals surface area (Å²) in [5.41, 5.74) is 2.97. The predicted octanol–water partition coefficient (Wildman–Crippen LogP) is 2.61.